The topological polar surface area (TPSA) is 46.9 Å². The summed E-state index contributed by atoms with van der Waals surface area (Å²) in [7, 11) is 0. The van der Waals surface area contributed by atoms with Gasteiger partial charge in [-0.1, -0.05) is 53.5 Å². The van der Waals surface area contributed by atoms with E-state index in [-0.39, 0.29) is 5.91 Å². The van der Waals surface area contributed by atoms with Crippen molar-refractivity contribution in [3.8, 4) is 0 Å². The molecule has 0 atom stereocenters. The number of hydrogen-bond donors (Lipinski definition) is 1. The van der Waals surface area contributed by atoms with Crippen LogP contribution in [-0.4, -0.2) is 22.0 Å². The van der Waals surface area contributed by atoms with Crippen LogP contribution in [0.1, 0.15) is 21.7 Å². The van der Waals surface area contributed by atoms with Crippen molar-refractivity contribution in [2.45, 2.75) is 13.0 Å². The molecule has 1 N–H and O–H groups in total. The molecule has 0 aliphatic carbocycles. The molecule has 0 fully saturated rings. The van der Waals surface area contributed by atoms with Gasteiger partial charge in [0.25, 0.3) is 5.91 Å². The first-order chi connectivity index (χ1) is 12.1. The second kappa shape index (κ2) is 8.19. The average molecular weight is 374 g/mol. The first-order valence-electron chi connectivity index (χ1n) is 7.90. The molecule has 25 heavy (non-hydrogen) atoms. The lowest BCUT2D eigenvalue weighted by Gasteiger charge is -2.09. The zero-order valence-corrected chi connectivity index (χ0v) is 15.0. The van der Waals surface area contributed by atoms with E-state index >= 15 is 0 Å². The molecule has 1 heterocycles. The largest absolute Gasteiger partial charge is 0.352 e. The fourth-order valence-electron chi connectivity index (χ4n) is 2.52. The summed E-state index contributed by atoms with van der Waals surface area (Å²) in [4.78, 5) is 16.6. The lowest BCUT2D eigenvalue weighted by molar-refractivity contribution is 0.0954. The summed E-state index contributed by atoms with van der Waals surface area (Å²) in [5, 5.41) is 3.68. The Morgan fingerprint density at radius 2 is 1.88 bits per heavy atom. The summed E-state index contributed by atoms with van der Waals surface area (Å²) in [6.07, 6.45) is 4.37. The number of benzene rings is 2. The highest BCUT2D eigenvalue weighted by Crippen LogP contribution is 2.22. The van der Waals surface area contributed by atoms with Gasteiger partial charge in [0.1, 0.15) is 5.82 Å². The molecule has 0 bridgehead atoms. The number of imidazole rings is 1. The van der Waals surface area contributed by atoms with Gasteiger partial charge in [0.05, 0.1) is 10.0 Å². The van der Waals surface area contributed by atoms with Gasteiger partial charge in [-0.25, -0.2) is 4.98 Å². The van der Waals surface area contributed by atoms with Crippen LogP contribution in [0.2, 0.25) is 10.0 Å². The number of amides is 1. The summed E-state index contributed by atoms with van der Waals surface area (Å²) in [5.41, 5.74) is 1.70. The number of aromatic nitrogens is 2. The van der Waals surface area contributed by atoms with Crippen LogP contribution < -0.4 is 5.32 Å². The lowest BCUT2D eigenvalue weighted by Crippen LogP contribution is -2.26. The maximum atomic E-state index is 12.2. The molecular weight excluding hydrogens is 357 g/mol. The van der Waals surface area contributed by atoms with Crippen LogP contribution in [0.25, 0.3) is 0 Å². The van der Waals surface area contributed by atoms with Gasteiger partial charge < -0.3 is 9.88 Å². The zero-order chi connectivity index (χ0) is 17.6. The third-order valence-electron chi connectivity index (χ3n) is 3.81. The van der Waals surface area contributed by atoms with E-state index in [1.807, 2.05) is 24.4 Å². The molecule has 4 nitrogen and oxygen atoms in total. The Morgan fingerprint density at radius 3 is 2.64 bits per heavy atom. The van der Waals surface area contributed by atoms with Crippen molar-refractivity contribution in [3.05, 3.63) is 87.9 Å². The number of nitrogens with zero attached hydrogens (tertiary/aromatic N) is 2. The quantitative estimate of drug-likeness (QED) is 0.703. The SMILES string of the molecule is O=C(NCCc1nccn1Cc1ccccc1)c1ccc(Cl)c(Cl)c1. The monoisotopic (exact) mass is 373 g/mol. The molecule has 128 valence electrons. The number of rotatable bonds is 6. The van der Waals surface area contributed by atoms with E-state index < -0.39 is 0 Å². The summed E-state index contributed by atoms with van der Waals surface area (Å²) in [6.45, 7) is 1.25. The Morgan fingerprint density at radius 1 is 1.08 bits per heavy atom. The van der Waals surface area contributed by atoms with Gasteiger partial charge in [-0.15, -0.1) is 0 Å². The smallest absolute Gasteiger partial charge is 0.251 e. The summed E-state index contributed by atoms with van der Waals surface area (Å²) < 4.78 is 2.08. The third-order valence-corrected chi connectivity index (χ3v) is 4.55. The molecule has 0 saturated carbocycles. The van der Waals surface area contributed by atoms with Gasteiger partial charge in [-0.3, -0.25) is 4.79 Å². The number of halogens is 2. The van der Waals surface area contributed by atoms with Gasteiger partial charge in [0.15, 0.2) is 0 Å². The lowest BCUT2D eigenvalue weighted by atomic mass is 10.2. The molecule has 6 heteroatoms. The minimum atomic E-state index is -0.181. The molecule has 3 rings (SSSR count). The second-order valence-electron chi connectivity index (χ2n) is 5.59. The highest BCUT2D eigenvalue weighted by atomic mass is 35.5. The highest BCUT2D eigenvalue weighted by Gasteiger charge is 2.09. The van der Waals surface area contributed by atoms with E-state index in [0.717, 1.165) is 12.4 Å². The van der Waals surface area contributed by atoms with Crippen LogP contribution in [0.4, 0.5) is 0 Å². The molecule has 1 amide bonds. The summed E-state index contributed by atoms with van der Waals surface area (Å²) in [6, 6.07) is 15.0. The third kappa shape index (κ3) is 4.62. The zero-order valence-electron chi connectivity index (χ0n) is 13.5. The maximum Gasteiger partial charge on any atom is 0.251 e. The summed E-state index contributed by atoms with van der Waals surface area (Å²) in [5.74, 6) is 0.748. The average Bonchev–Trinajstić information content (AvgIpc) is 3.05. The first-order valence-corrected chi connectivity index (χ1v) is 8.66. The molecule has 3 aromatic rings. The van der Waals surface area contributed by atoms with E-state index in [0.29, 0.717) is 28.6 Å². The minimum absolute atomic E-state index is 0.181. The predicted molar refractivity (Wildman–Crippen MR) is 100 cm³/mol. The number of nitrogens with one attached hydrogen (secondary N) is 1. The normalized spacial score (nSPS) is 10.6. The van der Waals surface area contributed by atoms with Crippen molar-refractivity contribution in [2.75, 3.05) is 6.54 Å². The van der Waals surface area contributed by atoms with Crippen LogP contribution in [0.5, 0.6) is 0 Å². The van der Waals surface area contributed by atoms with Crippen molar-refractivity contribution < 1.29 is 4.79 Å². The number of carbonyl (C=O) groups excluding carboxylic acids is 1. The van der Waals surface area contributed by atoms with Gasteiger partial charge >= 0.3 is 0 Å². The molecule has 2 aromatic carbocycles. The van der Waals surface area contributed by atoms with E-state index in [2.05, 4.69) is 27.0 Å². The Bertz CT molecular complexity index is 862. The van der Waals surface area contributed by atoms with Crippen LogP contribution in [0.3, 0.4) is 0 Å². The molecule has 0 radical (unpaired) electrons. The Labute approximate surface area is 156 Å². The summed E-state index contributed by atoms with van der Waals surface area (Å²) >= 11 is 11.8. The second-order valence-corrected chi connectivity index (χ2v) is 6.41. The van der Waals surface area contributed by atoms with Crippen molar-refractivity contribution in [2.24, 2.45) is 0 Å². The Kier molecular flexibility index (Phi) is 5.74. The molecule has 0 spiro atoms. The van der Waals surface area contributed by atoms with E-state index in [9.17, 15) is 4.79 Å². The molecular formula is C19H17Cl2N3O. The molecule has 1 aromatic heterocycles. The molecule has 0 aliphatic rings. The predicted octanol–water partition coefficient (Wildman–Crippen LogP) is 4.21. The number of carbonyl (C=O) groups is 1. The van der Waals surface area contributed by atoms with Crippen LogP contribution in [-0.2, 0) is 13.0 Å². The number of hydrogen-bond acceptors (Lipinski definition) is 2. The highest BCUT2D eigenvalue weighted by molar-refractivity contribution is 6.42. The van der Waals surface area contributed by atoms with Crippen LogP contribution in [0.15, 0.2) is 60.9 Å². The van der Waals surface area contributed by atoms with Crippen molar-refractivity contribution in [1.82, 2.24) is 14.9 Å². The molecule has 0 saturated heterocycles. The van der Waals surface area contributed by atoms with Crippen molar-refractivity contribution in [1.29, 1.82) is 0 Å². The van der Waals surface area contributed by atoms with E-state index in [1.54, 1.807) is 24.4 Å². The Hall–Kier alpha value is -2.30. The first kappa shape index (κ1) is 17.5. The van der Waals surface area contributed by atoms with Crippen LogP contribution >= 0.6 is 23.2 Å². The molecule has 0 unspecified atom stereocenters. The van der Waals surface area contributed by atoms with Gasteiger partial charge in [-0.2, -0.15) is 0 Å². The van der Waals surface area contributed by atoms with Crippen molar-refractivity contribution >= 4 is 29.1 Å². The van der Waals surface area contributed by atoms with Gasteiger partial charge in [0.2, 0.25) is 0 Å². The van der Waals surface area contributed by atoms with Crippen LogP contribution in [0, 0.1) is 0 Å². The van der Waals surface area contributed by atoms with Gasteiger partial charge in [0, 0.05) is 37.5 Å². The van der Waals surface area contributed by atoms with E-state index in [4.69, 9.17) is 23.2 Å². The fourth-order valence-corrected chi connectivity index (χ4v) is 2.82. The van der Waals surface area contributed by atoms with Gasteiger partial charge in [-0.05, 0) is 23.8 Å². The fraction of sp³-hybridized carbons (Fsp3) is 0.158. The maximum absolute atomic E-state index is 12.2. The standard InChI is InChI=1S/C19H17Cl2N3O/c20-16-7-6-15(12-17(16)21)19(25)23-9-8-18-22-10-11-24(18)13-14-4-2-1-3-5-14/h1-7,10-12H,8-9,13H2,(H,23,25). The Balaban J connectivity index is 1.56. The van der Waals surface area contributed by atoms with E-state index in [1.165, 1.54) is 5.56 Å². The van der Waals surface area contributed by atoms with Crippen molar-refractivity contribution in [3.63, 3.8) is 0 Å². The molecule has 0 aliphatic heterocycles. The minimum Gasteiger partial charge on any atom is -0.352 e.